The zero-order valence-electron chi connectivity index (χ0n) is 7.29. The van der Waals surface area contributed by atoms with Crippen LogP contribution in [0.25, 0.3) is 0 Å². The van der Waals surface area contributed by atoms with Gasteiger partial charge in [-0.25, -0.2) is 4.79 Å². The predicted molar refractivity (Wildman–Crippen MR) is 43.3 cm³/mol. The first-order valence-electron chi connectivity index (χ1n) is 4.09. The first-order chi connectivity index (χ1) is 6.33. The molecule has 0 saturated carbocycles. The monoisotopic (exact) mass is 182 g/mol. The van der Waals surface area contributed by atoms with E-state index in [0.717, 1.165) is 24.3 Å². The number of nitrogens with one attached hydrogen (secondary N) is 1. The van der Waals surface area contributed by atoms with Crippen LogP contribution in [0.15, 0.2) is 4.52 Å². The van der Waals surface area contributed by atoms with E-state index in [1.54, 1.807) is 0 Å². The summed E-state index contributed by atoms with van der Waals surface area (Å²) in [6, 6.07) is 0. The lowest BCUT2D eigenvalue weighted by molar-refractivity contribution is 0.0588. The Hall–Kier alpha value is -1.36. The summed E-state index contributed by atoms with van der Waals surface area (Å²) < 4.78 is 9.59. The van der Waals surface area contributed by atoms with Crippen molar-refractivity contribution < 1.29 is 14.1 Å². The topological polar surface area (TPSA) is 64.4 Å². The minimum absolute atomic E-state index is 0.296. The van der Waals surface area contributed by atoms with E-state index in [1.165, 1.54) is 7.11 Å². The second-order valence-electron chi connectivity index (χ2n) is 2.85. The molecule has 0 unspecified atom stereocenters. The van der Waals surface area contributed by atoms with Crippen molar-refractivity contribution in [1.82, 2.24) is 10.5 Å². The molecule has 0 bridgehead atoms. The molecule has 0 fully saturated rings. The smallest absolute Gasteiger partial charge is 0.360 e. The van der Waals surface area contributed by atoms with E-state index in [9.17, 15) is 4.79 Å². The Balaban J connectivity index is 2.36. The Labute approximate surface area is 75.0 Å². The summed E-state index contributed by atoms with van der Waals surface area (Å²) in [5, 5.41) is 6.82. The molecule has 1 aliphatic rings. The second kappa shape index (κ2) is 3.18. The summed E-state index contributed by atoms with van der Waals surface area (Å²) in [5.74, 6) is 0.354. The fourth-order valence-corrected chi connectivity index (χ4v) is 1.39. The molecule has 0 amide bonds. The summed E-state index contributed by atoms with van der Waals surface area (Å²) in [6.07, 6.45) is 0.777. The number of carbonyl (C=O) groups is 1. The van der Waals surface area contributed by atoms with Gasteiger partial charge in [-0.15, -0.1) is 0 Å². The van der Waals surface area contributed by atoms with Crippen molar-refractivity contribution in [3.8, 4) is 0 Å². The average molecular weight is 182 g/mol. The Kier molecular flexibility index (Phi) is 2.02. The number of rotatable bonds is 1. The Morgan fingerprint density at radius 1 is 1.69 bits per heavy atom. The zero-order chi connectivity index (χ0) is 9.26. The molecule has 2 rings (SSSR count). The number of ether oxygens (including phenoxy) is 1. The van der Waals surface area contributed by atoms with Crippen LogP contribution in [-0.4, -0.2) is 24.8 Å². The maximum atomic E-state index is 11.2. The molecule has 1 aromatic rings. The number of fused-ring (bicyclic) bond motifs is 1. The lowest BCUT2D eigenvalue weighted by Crippen LogP contribution is -2.24. The lowest BCUT2D eigenvalue weighted by atomic mass is 10.1. The average Bonchev–Trinajstić information content (AvgIpc) is 2.60. The fraction of sp³-hybridized carbons (Fsp3) is 0.500. The number of hydrogen-bond acceptors (Lipinski definition) is 5. The molecule has 1 N–H and O–H groups in total. The predicted octanol–water partition coefficient (Wildman–Crippen LogP) is 0.107. The van der Waals surface area contributed by atoms with E-state index in [-0.39, 0.29) is 0 Å². The highest BCUT2D eigenvalue weighted by molar-refractivity contribution is 5.88. The number of esters is 1. The maximum Gasteiger partial charge on any atom is 0.360 e. The third-order valence-corrected chi connectivity index (χ3v) is 2.08. The van der Waals surface area contributed by atoms with Crippen LogP contribution >= 0.6 is 0 Å². The quantitative estimate of drug-likeness (QED) is 0.624. The van der Waals surface area contributed by atoms with Crippen molar-refractivity contribution in [3.63, 3.8) is 0 Å². The van der Waals surface area contributed by atoms with E-state index in [0.29, 0.717) is 12.2 Å². The minimum atomic E-state index is -0.436. The Bertz CT molecular complexity index is 332. The fourth-order valence-electron chi connectivity index (χ4n) is 1.39. The summed E-state index contributed by atoms with van der Waals surface area (Å²) >= 11 is 0. The van der Waals surface area contributed by atoms with Gasteiger partial charge >= 0.3 is 5.97 Å². The first kappa shape index (κ1) is 8.25. The molecule has 0 aromatic carbocycles. The van der Waals surface area contributed by atoms with E-state index < -0.39 is 5.97 Å². The first-order valence-corrected chi connectivity index (χ1v) is 4.09. The van der Waals surface area contributed by atoms with Crippen LogP contribution < -0.4 is 5.32 Å². The molecular formula is C8H10N2O3. The summed E-state index contributed by atoms with van der Waals surface area (Å²) in [4.78, 5) is 11.2. The van der Waals surface area contributed by atoms with Crippen LogP contribution in [0.4, 0.5) is 0 Å². The third kappa shape index (κ3) is 1.31. The lowest BCUT2D eigenvalue weighted by Gasteiger charge is -2.09. The van der Waals surface area contributed by atoms with Crippen molar-refractivity contribution in [2.75, 3.05) is 13.7 Å². The molecule has 13 heavy (non-hydrogen) atoms. The maximum absolute atomic E-state index is 11.2. The van der Waals surface area contributed by atoms with Gasteiger partial charge in [0.2, 0.25) is 0 Å². The van der Waals surface area contributed by atoms with E-state index in [4.69, 9.17) is 4.52 Å². The van der Waals surface area contributed by atoms with Crippen LogP contribution in [0.3, 0.4) is 0 Å². The van der Waals surface area contributed by atoms with Crippen molar-refractivity contribution in [2.45, 2.75) is 13.0 Å². The van der Waals surface area contributed by atoms with Gasteiger partial charge in [0, 0.05) is 25.1 Å². The molecule has 1 aromatic heterocycles. The number of aromatic nitrogens is 1. The molecule has 2 heterocycles. The molecule has 5 heteroatoms. The molecule has 0 spiro atoms. The van der Waals surface area contributed by atoms with Gasteiger partial charge < -0.3 is 14.6 Å². The van der Waals surface area contributed by atoms with Crippen LogP contribution in [0.5, 0.6) is 0 Å². The summed E-state index contributed by atoms with van der Waals surface area (Å²) in [7, 11) is 1.33. The Morgan fingerprint density at radius 2 is 2.54 bits per heavy atom. The van der Waals surface area contributed by atoms with E-state index in [1.807, 2.05) is 0 Å². The van der Waals surface area contributed by atoms with Gasteiger partial charge in [0.25, 0.3) is 0 Å². The normalized spacial score (nSPS) is 15.2. The Morgan fingerprint density at radius 3 is 3.31 bits per heavy atom. The molecule has 0 atom stereocenters. The van der Waals surface area contributed by atoms with Crippen molar-refractivity contribution in [1.29, 1.82) is 0 Å². The highest BCUT2D eigenvalue weighted by Crippen LogP contribution is 2.18. The molecule has 5 nitrogen and oxygen atoms in total. The van der Waals surface area contributed by atoms with Gasteiger partial charge in [-0.2, -0.15) is 0 Å². The van der Waals surface area contributed by atoms with Gasteiger partial charge in [0.05, 0.1) is 7.11 Å². The van der Waals surface area contributed by atoms with Gasteiger partial charge in [-0.05, 0) is 0 Å². The van der Waals surface area contributed by atoms with Crippen molar-refractivity contribution in [3.05, 3.63) is 17.0 Å². The molecule has 0 aliphatic carbocycles. The summed E-state index contributed by atoms with van der Waals surface area (Å²) in [5.41, 5.74) is 1.13. The molecule has 0 saturated heterocycles. The number of methoxy groups -OCH3 is 1. The van der Waals surface area contributed by atoms with Crippen LogP contribution in [-0.2, 0) is 17.7 Å². The SMILES string of the molecule is COC(=O)c1noc2c1CNCC2. The van der Waals surface area contributed by atoms with Crippen LogP contribution in [0, 0.1) is 0 Å². The minimum Gasteiger partial charge on any atom is -0.464 e. The largest absolute Gasteiger partial charge is 0.464 e. The standard InChI is InChI=1S/C8H10N2O3/c1-12-8(11)7-5-4-9-3-2-6(5)13-10-7/h9H,2-4H2,1H3. The molecule has 1 aliphatic heterocycles. The summed E-state index contributed by atoms with van der Waals surface area (Å²) in [6.45, 7) is 1.49. The van der Waals surface area contributed by atoms with E-state index in [2.05, 4.69) is 15.2 Å². The second-order valence-corrected chi connectivity index (χ2v) is 2.85. The van der Waals surface area contributed by atoms with Gasteiger partial charge in [0.15, 0.2) is 5.69 Å². The number of carbonyl (C=O) groups excluding carboxylic acids is 1. The zero-order valence-corrected chi connectivity index (χ0v) is 7.29. The number of nitrogens with zero attached hydrogens (tertiary/aromatic N) is 1. The molecule has 70 valence electrons. The van der Waals surface area contributed by atoms with Gasteiger partial charge in [-0.3, -0.25) is 0 Å². The highest BCUT2D eigenvalue weighted by Gasteiger charge is 2.23. The highest BCUT2D eigenvalue weighted by atomic mass is 16.5. The number of hydrogen-bond donors (Lipinski definition) is 1. The van der Waals surface area contributed by atoms with Crippen molar-refractivity contribution >= 4 is 5.97 Å². The molecule has 0 radical (unpaired) electrons. The van der Waals surface area contributed by atoms with Gasteiger partial charge in [-0.1, -0.05) is 5.16 Å². The van der Waals surface area contributed by atoms with Crippen molar-refractivity contribution in [2.24, 2.45) is 0 Å². The van der Waals surface area contributed by atoms with E-state index >= 15 is 0 Å². The van der Waals surface area contributed by atoms with Crippen LogP contribution in [0.1, 0.15) is 21.8 Å². The van der Waals surface area contributed by atoms with Crippen LogP contribution in [0.2, 0.25) is 0 Å². The molecular weight excluding hydrogens is 172 g/mol. The third-order valence-electron chi connectivity index (χ3n) is 2.08. The van der Waals surface area contributed by atoms with Gasteiger partial charge in [0.1, 0.15) is 5.76 Å².